The van der Waals surface area contributed by atoms with Crippen LogP contribution in [-0.2, 0) is 12.7 Å². The van der Waals surface area contributed by atoms with Gasteiger partial charge in [0.25, 0.3) is 0 Å². The smallest absolute Gasteiger partial charge is 0.383 e. The quantitative estimate of drug-likeness (QED) is 0.879. The fourth-order valence-electron chi connectivity index (χ4n) is 2.37. The van der Waals surface area contributed by atoms with Crippen molar-refractivity contribution in [3.63, 3.8) is 0 Å². The van der Waals surface area contributed by atoms with E-state index in [1.54, 1.807) is 0 Å². The van der Waals surface area contributed by atoms with Crippen LogP contribution < -0.4 is 5.73 Å². The van der Waals surface area contributed by atoms with Crippen molar-refractivity contribution in [1.82, 2.24) is 4.98 Å². The van der Waals surface area contributed by atoms with Gasteiger partial charge < -0.3 is 5.73 Å². The summed E-state index contributed by atoms with van der Waals surface area (Å²) in [6.07, 6.45) is -1.68. The van der Waals surface area contributed by atoms with Crippen molar-refractivity contribution in [2.45, 2.75) is 12.7 Å². The van der Waals surface area contributed by atoms with Crippen molar-refractivity contribution in [3.05, 3.63) is 46.6 Å². The Hall–Kier alpha value is -2.88. The lowest BCUT2D eigenvalue weighted by Gasteiger charge is -2.14. The van der Waals surface area contributed by atoms with E-state index in [2.05, 4.69) is 9.98 Å². The summed E-state index contributed by atoms with van der Waals surface area (Å²) in [7, 11) is 0. The Morgan fingerprint density at radius 1 is 1.18 bits per heavy atom. The number of aliphatic imine (C=N–C) groups is 1. The highest BCUT2D eigenvalue weighted by Crippen LogP contribution is 2.38. The van der Waals surface area contributed by atoms with Crippen LogP contribution in [0.5, 0.6) is 0 Å². The van der Waals surface area contributed by atoms with Gasteiger partial charge in [0, 0.05) is 23.5 Å². The first-order chi connectivity index (χ1) is 10.4. The molecule has 0 saturated heterocycles. The third-order valence-electron chi connectivity index (χ3n) is 3.41. The highest BCUT2D eigenvalue weighted by molar-refractivity contribution is 5.96. The highest BCUT2D eigenvalue weighted by Gasteiger charge is 2.33. The molecule has 2 heterocycles. The SMILES string of the molecule is N#Cc1cnc(N)c(-c2cc(C(F)(F)F)cc3c2C=NC3)c1. The molecule has 110 valence electrons. The molecule has 3 rings (SSSR count). The highest BCUT2D eigenvalue weighted by atomic mass is 19.4. The minimum Gasteiger partial charge on any atom is -0.383 e. The van der Waals surface area contributed by atoms with E-state index >= 15 is 0 Å². The number of anilines is 1. The van der Waals surface area contributed by atoms with Gasteiger partial charge in [-0.05, 0) is 29.3 Å². The lowest BCUT2D eigenvalue weighted by atomic mass is 9.94. The molecule has 0 radical (unpaired) electrons. The first-order valence-electron chi connectivity index (χ1n) is 6.30. The molecule has 2 aromatic rings. The van der Waals surface area contributed by atoms with E-state index in [1.807, 2.05) is 6.07 Å². The normalized spacial score (nSPS) is 13.0. The molecule has 0 spiro atoms. The van der Waals surface area contributed by atoms with Gasteiger partial charge in [-0.25, -0.2) is 4.98 Å². The maximum absolute atomic E-state index is 13.1. The molecule has 1 aliphatic heterocycles. The van der Waals surface area contributed by atoms with Gasteiger partial charge >= 0.3 is 6.18 Å². The number of hydrogen-bond acceptors (Lipinski definition) is 4. The summed E-state index contributed by atoms with van der Waals surface area (Å²) in [4.78, 5) is 7.89. The Labute approximate surface area is 123 Å². The Balaban J connectivity index is 2.29. The van der Waals surface area contributed by atoms with Crippen molar-refractivity contribution >= 4 is 12.0 Å². The molecule has 4 nitrogen and oxygen atoms in total. The van der Waals surface area contributed by atoms with Crippen LogP contribution in [0.25, 0.3) is 11.1 Å². The summed E-state index contributed by atoms with van der Waals surface area (Å²) in [5.41, 5.74) is 6.88. The van der Waals surface area contributed by atoms with Crippen molar-refractivity contribution < 1.29 is 13.2 Å². The molecule has 0 amide bonds. The van der Waals surface area contributed by atoms with Gasteiger partial charge in [-0.15, -0.1) is 0 Å². The van der Waals surface area contributed by atoms with E-state index in [0.29, 0.717) is 16.7 Å². The molecule has 0 atom stereocenters. The van der Waals surface area contributed by atoms with Gasteiger partial charge in [0.15, 0.2) is 0 Å². The monoisotopic (exact) mass is 302 g/mol. The molecule has 0 bridgehead atoms. The molecule has 0 aliphatic carbocycles. The Kier molecular flexibility index (Phi) is 3.10. The average molecular weight is 302 g/mol. The Morgan fingerprint density at radius 3 is 2.64 bits per heavy atom. The van der Waals surface area contributed by atoms with Crippen molar-refractivity contribution in [2.75, 3.05) is 5.73 Å². The van der Waals surface area contributed by atoms with E-state index in [4.69, 9.17) is 11.0 Å². The van der Waals surface area contributed by atoms with Crippen LogP contribution in [0.2, 0.25) is 0 Å². The second-order valence-electron chi connectivity index (χ2n) is 4.83. The summed E-state index contributed by atoms with van der Waals surface area (Å²) in [6.45, 7) is 0.192. The first-order valence-corrected chi connectivity index (χ1v) is 6.30. The van der Waals surface area contributed by atoms with Crippen molar-refractivity contribution in [2.24, 2.45) is 4.99 Å². The maximum Gasteiger partial charge on any atom is 0.416 e. The molecule has 1 aromatic heterocycles. The number of nitrogen functional groups attached to an aromatic ring is 1. The van der Waals surface area contributed by atoms with Crippen LogP contribution in [0.3, 0.4) is 0 Å². The Bertz CT molecular complexity index is 832. The Morgan fingerprint density at radius 2 is 1.95 bits per heavy atom. The van der Waals surface area contributed by atoms with Gasteiger partial charge in [-0.2, -0.15) is 18.4 Å². The average Bonchev–Trinajstić information content (AvgIpc) is 2.94. The molecular weight excluding hydrogens is 293 g/mol. The lowest BCUT2D eigenvalue weighted by molar-refractivity contribution is -0.137. The number of pyridine rings is 1. The number of nitrogens with zero attached hydrogens (tertiary/aromatic N) is 3. The zero-order valence-electron chi connectivity index (χ0n) is 11.1. The lowest BCUT2D eigenvalue weighted by Crippen LogP contribution is -2.08. The molecule has 1 aromatic carbocycles. The molecule has 2 N–H and O–H groups in total. The number of benzene rings is 1. The topological polar surface area (TPSA) is 75.1 Å². The first kappa shape index (κ1) is 14.1. The van der Waals surface area contributed by atoms with E-state index in [0.717, 1.165) is 12.1 Å². The van der Waals surface area contributed by atoms with Crippen molar-refractivity contribution in [3.8, 4) is 17.2 Å². The maximum atomic E-state index is 13.1. The predicted molar refractivity (Wildman–Crippen MR) is 75.1 cm³/mol. The minimum atomic E-state index is -4.47. The third-order valence-corrected chi connectivity index (χ3v) is 3.41. The molecular formula is C15H9F3N4. The van der Waals surface area contributed by atoms with Crippen LogP contribution in [0, 0.1) is 11.3 Å². The molecule has 22 heavy (non-hydrogen) atoms. The molecule has 0 fully saturated rings. The van der Waals surface area contributed by atoms with E-state index < -0.39 is 11.7 Å². The van der Waals surface area contributed by atoms with E-state index in [1.165, 1.54) is 18.5 Å². The largest absolute Gasteiger partial charge is 0.416 e. The number of aromatic nitrogens is 1. The standard InChI is InChI=1S/C15H9F3N4/c16-15(17,18)10-2-9-6-21-7-13(9)11(3-10)12-1-8(4-19)5-22-14(12)20/h1-3,5,7H,6H2,(H2,20,22). The number of hydrogen-bond donors (Lipinski definition) is 1. The number of alkyl halides is 3. The number of nitriles is 1. The van der Waals surface area contributed by atoms with Crippen LogP contribution in [-0.4, -0.2) is 11.2 Å². The fraction of sp³-hybridized carbons (Fsp3) is 0.133. The third kappa shape index (κ3) is 2.29. The van der Waals surface area contributed by atoms with Crippen LogP contribution in [0.4, 0.5) is 19.0 Å². The number of fused-ring (bicyclic) bond motifs is 1. The fourth-order valence-corrected chi connectivity index (χ4v) is 2.37. The summed E-state index contributed by atoms with van der Waals surface area (Å²) in [5, 5.41) is 8.94. The van der Waals surface area contributed by atoms with Gasteiger partial charge in [0.1, 0.15) is 11.9 Å². The molecule has 0 saturated carbocycles. The second-order valence-corrected chi connectivity index (χ2v) is 4.83. The van der Waals surface area contributed by atoms with Crippen molar-refractivity contribution in [1.29, 1.82) is 5.26 Å². The van der Waals surface area contributed by atoms with Crippen LogP contribution in [0.1, 0.15) is 22.3 Å². The predicted octanol–water partition coefficient (Wildman–Crippen LogP) is 3.15. The van der Waals surface area contributed by atoms with Gasteiger partial charge in [-0.1, -0.05) is 0 Å². The van der Waals surface area contributed by atoms with E-state index in [-0.39, 0.29) is 23.5 Å². The molecule has 1 aliphatic rings. The van der Waals surface area contributed by atoms with Crippen LogP contribution in [0.15, 0.2) is 29.4 Å². The zero-order valence-corrected chi connectivity index (χ0v) is 11.1. The van der Waals surface area contributed by atoms with Gasteiger partial charge in [0.05, 0.1) is 17.7 Å². The summed E-state index contributed by atoms with van der Waals surface area (Å²) in [5.74, 6) is 0.0702. The molecule has 0 unspecified atom stereocenters. The van der Waals surface area contributed by atoms with Gasteiger partial charge in [0.2, 0.25) is 0 Å². The number of rotatable bonds is 1. The minimum absolute atomic E-state index is 0.0702. The second kappa shape index (κ2) is 4.84. The number of halogens is 3. The summed E-state index contributed by atoms with van der Waals surface area (Å²) >= 11 is 0. The number of nitrogens with two attached hydrogens (primary N) is 1. The molecule has 7 heteroatoms. The summed E-state index contributed by atoms with van der Waals surface area (Å²) in [6, 6.07) is 5.44. The zero-order chi connectivity index (χ0) is 15.9. The summed E-state index contributed by atoms with van der Waals surface area (Å²) < 4.78 is 39.2. The van der Waals surface area contributed by atoms with Crippen LogP contribution >= 0.6 is 0 Å². The van der Waals surface area contributed by atoms with E-state index in [9.17, 15) is 13.2 Å². The van der Waals surface area contributed by atoms with Gasteiger partial charge in [-0.3, -0.25) is 4.99 Å².